The first-order valence-electron chi connectivity index (χ1n) is 7.71. The molecule has 1 heterocycles. The van der Waals surface area contributed by atoms with Crippen molar-refractivity contribution in [2.75, 3.05) is 38.5 Å². The summed E-state index contributed by atoms with van der Waals surface area (Å²) in [5.41, 5.74) is 7.67. The van der Waals surface area contributed by atoms with E-state index in [-0.39, 0.29) is 0 Å². The second-order valence-electron chi connectivity index (χ2n) is 6.08. The van der Waals surface area contributed by atoms with Crippen LogP contribution in [0.2, 0.25) is 0 Å². The molecule has 0 amide bonds. The lowest BCUT2D eigenvalue weighted by Gasteiger charge is -2.25. The fraction of sp³-hybridized carbons (Fsp3) is 0.625. The summed E-state index contributed by atoms with van der Waals surface area (Å²) in [4.78, 5) is 3.79. The third-order valence-electron chi connectivity index (χ3n) is 4.09. The molecule has 1 unspecified atom stereocenters. The topological polar surface area (TPSA) is 32.5 Å². The largest absolute Gasteiger partial charge is 0.401 e. The minimum atomic E-state index is -4.12. The number of hydrogen-bond donors (Lipinski definition) is 1. The van der Waals surface area contributed by atoms with Gasteiger partial charge in [0.1, 0.15) is 0 Å². The number of nitrogens with zero attached hydrogens (tertiary/aromatic N) is 2. The van der Waals surface area contributed by atoms with Gasteiger partial charge in [0, 0.05) is 25.3 Å². The number of nitrogens with two attached hydrogens (primary N) is 1. The molecular weight excluding hydrogens is 291 g/mol. The summed E-state index contributed by atoms with van der Waals surface area (Å²) < 4.78 is 37.5. The minimum Gasteiger partial charge on any atom is -0.399 e. The predicted molar refractivity (Wildman–Crippen MR) is 82.4 cm³/mol. The Kier molecular flexibility index (Phi) is 5.69. The van der Waals surface area contributed by atoms with E-state index < -0.39 is 12.7 Å². The monoisotopic (exact) mass is 315 g/mol. The Balaban J connectivity index is 1.82. The number of hydrogen-bond acceptors (Lipinski definition) is 3. The third-order valence-corrected chi connectivity index (χ3v) is 4.09. The van der Waals surface area contributed by atoms with E-state index in [1.54, 1.807) is 6.92 Å². The minimum absolute atomic E-state index is 0.309. The van der Waals surface area contributed by atoms with Gasteiger partial charge in [-0.3, -0.25) is 9.80 Å². The number of anilines is 1. The van der Waals surface area contributed by atoms with Gasteiger partial charge in [0.15, 0.2) is 0 Å². The van der Waals surface area contributed by atoms with Gasteiger partial charge >= 0.3 is 6.18 Å². The molecule has 2 N–H and O–H groups in total. The molecule has 1 aromatic rings. The third kappa shape index (κ3) is 5.50. The Labute approximate surface area is 129 Å². The highest BCUT2D eigenvalue weighted by Gasteiger charge is 2.32. The number of nitrogen functional groups attached to an aromatic ring is 1. The number of benzene rings is 1. The van der Waals surface area contributed by atoms with Crippen molar-refractivity contribution in [3.63, 3.8) is 0 Å². The molecule has 2 rings (SSSR count). The van der Waals surface area contributed by atoms with Crippen molar-refractivity contribution in [1.82, 2.24) is 9.80 Å². The molecule has 124 valence electrons. The standard InChI is InChI=1S/C16H24F3N3/c1-2-21(12-16(17,18)19)10-14-6-7-22(11-14)9-13-4-3-5-15(20)8-13/h3-5,8,14H,2,6-7,9-12,20H2,1H3. The average Bonchev–Trinajstić information content (AvgIpc) is 2.83. The number of likely N-dealkylation sites (tertiary alicyclic amines) is 1. The average molecular weight is 315 g/mol. The Bertz CT molecular complexity index is 476. The highest BCUT2D eigenvalue weighted by Crippen LogP contribution is 2.22. The first-order valence-corrected chi connectivity index (χ1v) is 7.71. The van der Waals surface area contributed by atoms with E-state index in [0.29, 0.717) is 19.0 Å². The highest BCUT2D eigenvalue weighted by molar-refractivity contribution is 5.40. The zero-order chi connectivity index (χ0) is 16.2. The van der Waals surface area contributed by atoms with Crippen molar-refractivity contribution in [1.29, 1.82) is 0 Å². The number of alkyl halides is 3. The molecule has 1 atom stereocenters. The SMILES string of the molecule is CCN(CC1CCN(Cc2cccc(N)c2)C1)CC(F)(F)F. The van der Waals surface area contributed by atoms with Crippen LogP contribution in [0.25, 0.3) is 0 Å². The van der Waals surface area contributed by atoms with Gasteiger partial charge in [-0.25, -0.2) is 0 Å². The molecule has 0 radical (unpaired) electrons. The lowest BCUT2D eigenvalue weighted by molar-refractivity contribution is -0.146. The summed E-state index contributed by atoms with van der Waals surface area (Å²) in [6.45, 7) is 4.52. The molecule has 1 saturated heterocycles. The summed E-state index contributed by atoms with van der Waals surface area (Å²) in [5, 5.41) is 0. The molecule has 0 aromatic heterocycles. The maximum atomic E-state index is 12.5. The van der Waals surface area contributed by atoms with E-state index in [0.717, 1.165) is 37.3 Å². The molecular formula is C16H24F3N3. The van der Waals surface area contributed by atoms with Crippen LogP contribution in [0.1, 0.15) is 18.9 Å². The second-order valence-corrected chi connectivity index (χ2v) is 6.08. The number of halogens is 3. The summed E-state index contributed by atoms with van der Waals surface area (Å²) in [7, 11) is 0. The van der Waals surface area contributed by atoms with Crippen LogP contribution < -0.4 is 5.73 Å². The summed E-state index contributed by atoms with van der Waals surface area (Å²) in [6, 6.07) is 7.77. The zero-order valence-corrected chi connectivity index (χ0v) is 12.9. The molecule has 0 aliphatic carbocycles. The van der Waals surface area contributed by atoms with Crippen molar-refractivity contribution in [3.05, 3.63) is 29.8 Å². The van der Waals surface area contributed by atoms with Gasteiger partial charge in [0.05, 0.1) is 6.54 Å². The van der Waals surface area contributed by atoms with Crippen LogP contribution in [0, 0.1) is 5.92 Å². The van der Waals surface area contributed by atoms with Gasteiger partial charge in [0.2, 0.25) is 0 Å². The summed E-state index contributed by atoms with van der Waals surface area (Å²) in [5.74, 6) is 0.309. The van der Waals surface area contributed by atoms with E-state index in [2.05, 4.69) is 4.90 Å². The molecule has 1 aliphatic rings. The second kappa shape index (κ2) is 7.33. The van der Waals surface area contributed by atoms with E-state index in [4.69, 9.17) is 5.73 Å². The van der Waals surface area contributed by atoms with E-state index >= 15 is 0 Å². The Morgan fingerprint density at radius 2 is 2.14 bits per heavy atom. The van der Waals surface area contributed by atoms with Crippen LogP contribution in [-0.2, 0) is 6.54 Å². The van der Waals surface area contributed by atoms with E-state index in [1.807, 2.05) is 24.3 Å². The number of rotatable bonds is 6. The lowest BCUT2D eigenvalue weighted by Crippen LogP contribution is -2.38. The van der Waals surface area contributed by atoms with Gasteiger partial charge in [0.25, 0.3) is 0 Å². The molecule has 6 heteroatoms. The first-order chi connectivity index (χ1) is 10.4. The van der Waals surface area contributed by atoms with Gasteiger partial charge in [-0.15, -0.1) is 0 Å². The van der Waals surface area contributed by atoms with Gasteiger partial charge in [-0.1, -0.05) is 19.1 Å². The first kappa shape index (κ1) is 17.1. The van der Waals surface area contributed by atoms with Crippen LogP contribution in [0.5, 0.6) is 0 Å². The van der Waals surface area contributed by atoms with Crippen molar-refractivity contribution in [3.8, 4) is 0 Å². The molecule has 0 saturated carbocycles. The van der Waals surface area contributed by atoms with Gasteiger partial charge in [-0.2, -0.15) is 13.2 Å². The normalized spacial score (nSPS) is 20.0. The van der Waals surface area contributed by atoms with E-state index in [1.165, 1.54) is 4.90 Å². The summed E-state index contributed by atoms with van der Waals surface area (Å²) >= 11 is 0. The van der Waals surface area contributed by atoms with E-state index in [9.17, 15) is 13.2 Å². The van der Waals surface area contributed by atoms with Crippen molar-refractivity contribution in [2.24, 2.45) is 5.92 Å². The Hall–Kier alpha value is -1.27. The summed E-state index contributed by atoms with van der Waals surface area (Å²) in [6.07, 6.45) is -3.16. The highest BCUT2D eigenvalue weighted by atomic mass is 19.4. The quantitative estimate of drug-likeness (QED) is 0.819. The van der Waals surface area contributed by atoms with Crippen molar-refractivity contribution in [2.45, 2.75) is 26.1 Å². The van der Waals surface area contributed by atoms with Crippen LogP contribution >= 0.6 is 0 Å². The van der Waals surface area contributed by atoms with Crippen LogP contribution in [0.4, 0.5) is 18.9 Å². The molecule has 0 spiro atoms. The molecule has 3 nitrogen and oxygen atoms in total. The molecule has 0 bridgehead atoms. The maximum Gasteiger partial charge on any atom is 0.401 e. The molecule has 1 fully saturated rings. The zero-order valence-electron chi connectivity index (χ0n) is 12.9. The fourth-order valence-corrected chi connectivity index (χ4v) is 3.08. The van der Waals surface area contributed by atoms with Crippen LogP contribution in [0.15, 0.2) is 24.3 Å². The molecule has 22 heavy (non-hydrogen) atoms. The molecule has 1 aromatic carbocycles. The van der Waals surface area contributed by atoms with Gasteiger partial charge < -0.3 is 5.73 Å². The maximum absolute atomic E-state index is 12.5. The smallest absolute Gasteiger partial charge is 0.399 e. The Morgan fingerprint density at radius 1 is 1.36 bits per heavy atom. The van der Waals surface area contributed by atoms with Crippen LogP contribution in [0.3, 0.4) is 0 Å². The van der Waals surface area contributed by atoms with Crippen LogP contribution in [-0.4, -0.2) is 48.7 Å². The van der Waals surface area contributed by atoms with Crippen molar-refractivity contribution >= 4 is 5.69 Å². The predicted octanol–water partition coefficient (Wildman–Crippen LogP) is 2.97. The van der Waals surface area contributed by atoms with Crippen molar-refractivity contribution < 1.29 is 13.2 Å². The van der Waals surface area contributed by atoms with Gasteiger partial charge in [-0.05, 0) is 43.1 Å². The Morgan fingerprint density at radius 3 is 2.77 bits per heavy atom. The lowest BCUT2D eigenvalue weighted by atomic mass is 10.1. The molecule has 1 aliphatic heterocycles. The fourth-order valence-electron chi connectivity index (χ4n) is 3.08.